The number of hydrogen-bond donors (Lipinski definition) is 1. The minimum Gasteiger partial charge on any atom is -0.493 e. The molecule has 0 saturated carbocycles. The van der Waals surface area contributed by atoms with Gasteiger partial charge in [0, 0.05) is 17.5 Å². The third-order valence-electron chi connectivity index (χ3n) is 2.93. The first-order valence-electron chi connectivity index (χ1n) is 7.57. The van der Waals surface area contributed by atoms with Gasteiger partial charge in [0.05, 0.1) is 12.3 Å². The summed E-state index contributed by atoms with van der Waals surface area (Å²) in [6, 6.07) is 7.21. The van der Waals surface area contributed by atoms with Crippen molar-refractivity contribution in [1.29, 1.82) is 0 Å². The molecule has 1 N–H and O–H groups in total. The summed E-state index contributed by atoms with van der Waals surface area (Å²) in [6.07, 6.45) is 0. The molecule has 0 aliphatic heterocycles. The molecule has 1 aromatic carbocycles. The second-order valence-electron chi connectivity index (χ2n) is 6.07. The van der Waals surface area contributed by atoms with Crippen LogP contribution < -0.4 is 10.1 Å². The molecule has 1 aromatic heterocycles. The van der Waals surface area contributed by atoms with Crippen LogP contribution >= 0.6 is 11.3 Å². The minimum absolute atomic E-state index is 0.175. The van der Waals surface area contributed by atoms with E-state index in [1.54, 1.807) is 12.1 Å². The van der Waals surface area contributed by atoms with Crippen molar-refractivity contribution in [2.45, 2.75) is 20.4 Å². The van der Waals surface area contributed by atoms with Crippen LogP contribution in [0.3, 0.4) is 0 Å². The van der Waals surface area contributed by atoms with Crippen LogP contribution in [0.5, 0.6) is 5.75 Å². The van der Waals surface area contributed by atoms with Gasteiger partial charge < -0.3 is 9.64 Å². The topological polar surface area (TPSA) is 54.5 Å². The van der Waals surface area contributed by atoms with Crippen molar-refractivity contribution >= 4 is 22.4 Å². The summed E-state index contributed by atoms with van der Waals surface area (Å²) >= 11 is 1.43. The van der Waals surface area contributed by atoms with E-state index in [0.717, 1.165) is 12.2 Å². The largest absolute Gasteiger partial charge is 0.493 e. The summed E-state index contributed by atoms with van der Waals surface area (Å²) in [5, 5.41) is 5.41. The quantitative estimate of drug-likeness (QED) is 0.843. The molecule has 0 saturated heterocycles. The maximum Gasteiger partial charge on any atom is 0.257 e. The molecule has 1 heterocycles. The van der Waals surface area contributed by atoms with Crippen LogP contribution in [-0.2, 0) is 6.54 Å². The van der Waals surface area contributed by atoms with Crippen LogP contribution in [0.2, 0.25) is 0 Å². The molecule has 0 radical (unpaired) electrons. The van der Waals surface area contributed by atoms with Crippen LogP contribution in [0, 0.1) is 5.92 Å². The Hall–Kier alpha value is -1.92. The predicted octanol–water partition coefficient (Wildman–Crippen LogP) is 3.49. The summed E-state index contributed by atoms with van der Waals surface area (Å²) in [4.78, 5) is 18.8. The third-order valence-corrected chi connectivity index (χ3v) is 3.74. The van der Waals surface area contributed by atoms with Gasteiger partial charge in [-0.1, -0.05) is 19.9 Å². The van der Waals surface area contributed by atoms with Crippen LogP contribution in [0.25, 0.3) is 0 Å². The SMILES string of the molecule is CC(C)COc1cccc(C(=O)Nc2nc(CN(C)C)cs2)c1. The number of nitrogens with one attached hydrogen (secondary N) is 1. The highest BCUT2D eigenvalue weighted by Gasteiger charge is 2.10. The van der Waals surface area contributed by atoms with Gasteiger partial charge in [-0.2, -0.15) is 0 Å². The van der Waals surface area contributed by atoms with Crippen LogP contribution in [0.15, 0.2) is 29.6 Å². The van der Waals surface area contributed by atoms with Crippen molar-refractivity contribution in [2.24, 2.45) is 5.92 Å². The highest BCUT2D eigenvalue weighted by Crippen LogP contribution is 2.19. The zero-order chi connectivity index (χ0) is 16.8. The summed E-state index contributed by atoms with van der Waals surface area (Å²) in [7, 11) is 3.97. The van der Waals surface area contributed by atoms with Crippen molar-refractivity contribution in [3.63, 3.8) is 0 Å². The Kier molecular flexibility index (Phi) is 6.12. The minimum atomic E-state index is -0.175. The first kappa shape index (κ1) is 17.4. The molecule has 0 bridgehead atoms. The molecule has 1 amide bonds. The second kappa shape index (κ2) is 8.08. The Labute approximate surface area is 141 Å². The third kappa shape index (κ3) is 5.65. The van der Waals surface area contributed by atoms with Gasteiger partial charge in [0.15, 0.2) is 5.13 Å². The van der Waals surface area contributed by atoms with Crippen molar-refractivity contribution < 1.29 is 9.53 Å². The number of anilines is 1. The molecule has 124 valence electrons. The van der Waals surface area contributed by atoms with Gasteiger partial charge >= 0.3 is 0 Å². The summed E-state index contributed by atoms with van der Waals surface area (Å²) in [5.74, 6) is 0.974. The van der Waals surface area contributed by atoms with E-state index in [4.69, 9.17) is 4.74 Å². The standard InChI is InChI=1S/C17H23N3O2S/c1-12(2)10-22-15-7-5-6-13(8-15)16(21)19-17-18-14(11-23-17)9-20(3)4/h5-8,11-12H,9-10H2,1-4H3,(H,18,19,21). The Bertz CT molecular complexity index is 653. The van der Waals surface area contributed by atoms with Gasteiger partial charge in [-0.25, -0.2) is 4.98 Å². The van der Waals surface area contributed by atoms with E-state index in [-0.39, 0.29) is 5.91 Å². The lowest BCUT2D eigenvalue weighted by atomic mass is 10.2. The normalized spacial score (nSPS) is 11.0. The maximum atomic E-state index is 12.3. The molecule has 0 spiro atoms. The Morgan fingerprint density at radius 3 is 2.87 bits per heavy atom. The number of aromatic nitrogens is 1. The summed E-state index contributed by atoms with van der Waals surface area (Å²) in [5.41, 5.74) is 1.51. The molecule has 2 aromatic rings. The lowest BCUT2D eigenvalue weighted by molar-refractivity contribution is 0.102. The zero-order valence-electron chi connectivity index (χ0n) is 14.0. The molecule has 0 atom stereocenters. The summed E-state index contributed by atoms with van der Waals surface area (Å²) < 4.78 is 5.66. The fraction of sp³-hybridized carbons (Fsp3) is 0.412. The lowest BCUT2D eigenvalue weighted by Gasteiger charge is -2.09. The van der Waals surface area contributed by atoms with E-state index in [1.165, 1.54) is 11.3 Å². The average molecular weight is 333 g/mol. The average Bonchev–Trinajstić information content (AvgIpc) is 2.91. The van der Waals surface area contributed by atoms with Crippen LogP contribution in [-0.4, -0.2) is 36.5 Å². The Morgan fingerprint density at radius 2 is 2.17 bits per heavy atom. The van der Waals surface area contributed by atoms with Gasteiger partial charge in [-0.3, -0.25) is 10.1 Å². The molecule has 0 unspecified atom stereocenters. The van der Waals surface area contributed by atoms with Gasteiger partial charge in [0.2, 0.25) is 0 Å². The molecule has 2 rings (SSSR count). The van der Waals surface area contributed by atoms with Crippen LogP contribution in [0.1, 0.15) is 29.9 Å². The second-order valence-corrected chi connectivity index (χ2v) is 6.93. The van der Waals surface area contributed by atoms with E-state index < -0.39 is 0 Å². The number of ether oxygens (including phenoxy) is 1. The van der Waals surface area contributed by atoms with Gasteiger partial charge in [-0.15, -0.1) is 11.3 Å². The van der Waals surface area contributed by atoms with Crippen molar-refractivity contribution in [2.75, 3.05) is 26.0 Å². The number of benzene rings is 1. The number of amides is 1. The maximum absolute atomic E-state index is 12.3. The first-order valence-corrected chi connectivity index (χ1v) is 8.45. The number of carbonyl (C=O) groups excluding carboxylic acids is 1. The monoisotopic (exact) mass is 333 g/mol. The van der Waals surface area contributed by atoms with Crippen molar-refractivity contribution in [3.05, 3.63) is 40.9 Å². The number of hydrogen-bond acceptors (Lipinski definition) is 5. The van der Waals surface area contributed by atoms with Crippen molar-refractivity contribution in [3.8, 4) is 5.75 Å². The van der Waals surface area contributed by atoms with Crippen LogP contribution in [0.4, 0.5) is 5.13 Å². The molecule has 5 nitrogen and oxygen atoms in total. The molecule has 6 heteroatoms. The predicted molar refractivity (Wildman–Crippen MR) is 94.2 cm³/mol. The van der Waals surface area contributed by atoms with Gasteiger partial charge in [0.25, 0.3) is 5.91 Å². The molecule has 0 aliphatic rings. The Morgan fingerprint density at radius 1 is 1.39 bits per heavy atom. The number of nitrogens with zero attached hydrogens (tertiary/aromatic N) is 2. The van der Waals surface area contributed by atoms with E-state index in [9.17, 15) is 4.79 Å². The molecule has 0 aliphatic carbocycles. The number of rotatable bonds is 7. The number of carbonyl (C=O) groups is 1. The number of thiazole rings is 1. The summed E-state index contributed by atoms with van der Waals surface area (Å²) in [6.45, 7) is 5.56. The molecule has 23 heavy (non-hydrogen) atoms. The Balaban J connectivity index is 2.00. The van der Waals surface area contributed by atoms with Gasteiger partial charge in [0.1, 0.15) is 5.75 Å². The fourth-order valence-corrected chi connectivity index (χ4v) is 2.62. The highest BCUT2D eigenvalue weighted by atomic mass is 32.1. The van der Waals surface area contributed by atoms with E-state index in [0.29, 0.717) is 29.0 Å². The van der Waals surface area contributed by atoms with Crippen molar-refractivity contribution in [1.82, 2.24) is 9.88 Å². The fourth-order valence-electron chi connectivity index (χ4n) is 1.92. The first-order chi connectivity index (χ1) is 10.9. The smallest absolute Gasteiger partial charge is 0.257 e. The van der Waals surface area contributed by atoms with E-state index in [2.05, 4.69) is 24.1 Å². The molecule has 0 fully saturated rings. The lowest BCUT2D eigenvalue weighted by Crippen LogP contribution is -2.13. The zero-order valence-corrected chi connectivity index (χ0v) is 14.8. The van der Waals surface area contributed by atoms with E-state index in [1.807, 2.05) is 36.5 Å². The molecular weight excluding hydrogens is 310 g/mol. The van der Waals surface area contributed by atoms with E-state index >= 15 is 0 Å². The van der Waals surface area contributed by atoms with Gasteiger partial charge in [-0.05, 0) is 38.2 Å². The highest BCUT2D eigenvalue weighted by molar-refractivity contribution is 7.13. The molecular formula is C17H23N3O2S.